The van der Waals surface area contributed by atoms with E-state index >= 15 is 0 Å². The molecule has 2 N–H and O–H groups in total. The summed E-state index contributed by atoms with van der Waals surface area (Å²) < 4.78 is 0. The maximum absolute atomic E-state index is 11.5. The average Bonchev–Trinajstić information content (AvgIpc) is 3.10. The van der Waals surface area contributed by atoms with Crippen LogP contribution in [0.15, 0.2) is 29.4 Å². The molecule has 27 heavy (non-hydrogen) atoms. The number of aromatic amines is 1. The van der Waals surface area contributed by atoms with E-state index in [0.29, 0.717) is 0 Å². The van der Waals surface area contributed by atoms with Crippen molar-refractivity contribution in [3.05, 3.63) is 35.5 Å². The Kier molecular flexibility index (Phi) is 6.37. The summed E-state index contributed by atoms with van der Waals surface area (Å²) in [4.78, 5) is 24.0. The van der Waals surface area contributed by atoms with Crippen molar-refractivity contribution in [2.24, 2.45) is 4.99 Å². The summed E-state index contributed by atoms with van der Waals surface area (Å²) in [6, 6.07) is 6.52. The van der Waals surface area contributed by atoms with E-state index in [4.69, 9.17) is 4.99 Å². The van der Waals surface area contributed by atoms with Gasteiger partial charge in [0, 0.05) is 63.3 Å². The van der Waals surface area contributed by atoms with Crippen LogP contribution in [0.5, 0.6) is 0 Å². The van der Waals surface area contributed by atoms with E-state index in [9.17, 15) is 4.79 Å². The van der Waals surface area contributed by atoms with Crippen LogP contribution in [0.2, 0.25) is 0 Å². The van der Waals surface area contributed by atoms with E-state index in [1.54, 1.807) is 6.92 Å². The number of aryl methyl sites for hydroxylation is 1. The molecule has 0 atom stereocenters. The third-order valence-corrected chi connectivity index (χ3v) is 5.27. The lowest BCUT2D eigenvalue weighted by Gasteiger charge is -2.36. The molecule has 0 aliphatic carbocycles. The molecule has 146 valence electrons. The number of para-hydroxylation sites is 1. The second kappa shape index (κ2) is 8.93. The quantitative estimate of drug-likeness (QED) is 0.628. The van der Waals surface area contributed by atoms with Gasteiger partial charge in [-0.15, -0.1) is 0 Å². The number of piperazine rings is 1. The van der Waals surface area contributed by atoms with Gasteiger partial charge in [-0.05, 0) is 30.9 Å². The minimum atomic E-state index is 0.155. The first-order valence-electron chi connectivity index (χ1n) is 10.0. The molecule has 1 aliphatic rings. The minimum Gasteiger partial charge on any atom is -0.361 e. The third-order valence-electron chi connectivity index (χ3n) is 5.27. The van der Waals surface area contributed by atoms with Crippen LogP contribution in [0, 0.1) is 0 Å². The van der Waals surface area contributed by atoms with Gasteiger partial charge in [-0.1, -0.05) is 25.1 Å². The number of aliphatic imine (C=N–C) groups is 1. The number of hydrogen-bond donors (Lipinski definition) is 2. The monoisotopic (exact) mass is 369 g/mol. The first kappa shape index (κ1) is 19.3. The van der Waals surface area contributed by atoms with E-state index in [0.717, 1.165) is 58.1 Å². The lowest BCUT2D eigenvalue weighted by Crippen LogP contribution is -2.53. The van der Waals surface area contributed by atoms with Crippen molar-refractivity contribution in [2.45, 2.75) is 33.6 Å². The fourth-order valence-corrected chi connectivity index (χ4v) is 3.72. The molecular weight excluding hydrogens is 338 g/mol. The maximum atomic E-state index is 11.5. The molecule has 6 heteroatoms. The summed E-state index contributed by atoms with van der Waals surface area (Å²) in [5, 5.41) is 4.71. The minimum absolute atomic E-state index is 0.155. The SMILES string of the molecule is CCNC(=NCCc1c[nH]c2c(CC)cccc12)N1CCN(C(C)=O)CC1. The van der Waals surface area contributed by atoms with E-state index in [1.807, 2.05) is 4.90 Å². The summed E-state index contributed by atoms with van der Waals surface area (Å²) in [5.41, 5.74) is 3.94. The number of nitrogens with zero attached hydrogens (tertiary/aromatic N) is 3. The Labute approximate surface area is 161 Å². The van der Waals surface area contributed by atoms with Crippen LogP contribution >= 0.6 is 0 Å². The maximum Gasteiger partial charge on any atom is 0.219 e. The molecule has 1 aromatic carbocycles. The first-order chi connectivity index (χ1) is 13.1. The number of fused-ring (bicyclic) bond motifs is 1. The van der Waals surface area contributed by atoms with Crippen LogP contribution in [-0.4, -0.2) is 65.9 Å². The van der Waals surface area contributed by atoms with Crippen molar-refractivity contribution in [3.8, 4) is 0 Å². The molecular formula is C21H31N5O. The number of benzene rings is 1. The van der Waals surface area contributed by atoms with Crippen molar-refractivity contribution >= 4 is 22.8 Å². The van der Waals surface area contributed by atoms with Crippen LogP contribution in [0.4, 0.5) is 0 Å². The van der Waals surface area contributed by atoms with Gasteiger partial charge in [-0.25, -0.2) is 0 Å². The molecule has 2 aromatic rings. The summed E-state index contributed by atoms with van der Waals surface area (Å²) in [6.45, 7) is 10.7. The molecule has 6 nitrogen and oxygen atoms in total. The summed E-state index contributed by atoms with van der Waals surface area (Å²) in [5.74, 6) is 1.11. The van der Waals surface area contributed by atoms with Crippen molar-refractivity contribution < 1.29 is 4.79 Å². The van der Waals surface area contributed by atoms with Gasteiger partial charge in [0.15, 0.2) is 5.96 Å². The molecule has 1 fully saturated rings. The van der Waals surface area contributed by atoms with Gasteiger partial charge in [-0.2, -0.15) is 0 Å². The summed E-state index contributed by atoms with van der Waals surface area (Å²) >= 11 is 0. The van der Waals surface area contributed by atoms with Crippen molar-refractivity contribution in [1.82, 2.24) is 20.1 Å². The van der Waals surface area contributed by atoms with Crippen molar-refractivity contribution in [3.63, 3.8) is 0 Å². The van der Waals surface area contributed by atoms with Crippen molar-refractivity contribution in [2.75, 3.05) is 39.3 Å². The zero-order chi connectivity index (χ0) is 19.2. The van der Waals surface area contributed by atoms with Gasteiger partial charge in [-0.3, -0.25) is 9.79 Å². The molecule has 1 amide bonds. The number of aromatic nitrogens is 1. The lowest BCUT2D eigenvalue weighted by molar-refractivity contribution is -0.130. The molecule has 0 spiro atoms. The standard InChI is InChI=1S/C21H31N5O/c1-4-17-7-6-8-19-18(15-24-20(17)19)9-10-23-21(22-5-2)26-13-11-25(12-14-26)16(3)27/h6-8,15,24H,4-5,9-14H2,1-3H3,(H,22,23). The Bertz CT molecular complexity index is 802. The third kappa shape index (κ3) is 4.43. The van der Waals surface area contributed by atoms with Crippen LogP contribution in [0.1, 0.15) is 31.9 Å². The second-order valence-corrected chi connectivity index (χ2v) is 6.99. The van der Waals surface area contributed by atoms with Crippen LogP contribution in [-0.2, 0) is 17.6 Å². The molecule has 0 unspecified atom stereocenters. The predicted molar refractivity (Wildman–Crippen MR) is 111 cm³/mol. The number of nitrogens with one attached hydrogen (secondary N) is 2. The molecule has 3 rings (SSSR count). The van der Waals surface area contributed by atoms with E-state index in [1.165, 1.54) is 22.0 Å². The Hall–Kier alpha value is -2.50. The van der Waals surface area contributed by atoms with E-state index in [2.05, 4.69) is 53.4 Å². The Morgan fingerprint density at radius 3 is 2.56 bits per heavy atom. The predicted octanol–water partition coefficient (Wildman–Crippen LogP) is 2.40. The molecule has 1 saturated heterocycles. The highest BCUT2D eigenvalue weighted by Gasteiger charge is 2.20. The Morgan fingerprint density at radius 2 is 1.89 bits per heavy atom. The highest BCUT2D eigenvalue weighted by molar-refractivity contribution is 5.86. The average molecular weight is 370 g/mol. The number of H-pyrrole nitrogens is 1. The van der Waals surface area contributed by atoms with Crippen LogP contribution < -0.4 is 5.32 Å². The number of carbonyl (C=O) groups is 1. The zero-order valence-corrected chi connectivity index (χ0v) is 16.7. The Balaban J connectivity index is 1.65. The van der Waals surface area contributed by atoms with Gasteiger partial charge >= 0.3 is 0 Å². The van der Waals surface area contributed by atoms with Gasteiger partial charge in [0.25, 0.3) is 0 Å². The number of carbonyl (C=O) groups excluding carboxylic acids is 1. The molecule has 2 heterocycles. The normalized spacial score (nSPS) is 15.4. The number of rotatable bonds is 5. The second-order valence-electron chi connectivity index (χ2n) is 6.99. The van der Waals surface area contributed by atoms with Gasteiger partial charge < -0.3 is 20.1 Å². The van der Waals surface area contributed by atoms with Crippen LogP contribution in [0.3, 0.4) is 0 Å². The fraction of sp³-hybridized carbons (Fsp3) is 0.524. The van der Waals surface area contributed by atoms with Gasteiger partial charge in [0.1, 0.15) is 0 Å². The lowest BCUT2D eigenvalue weighted by atomic mass is 10.1. The molecule has 1 aliphatic heterocycles. The Morgan fingerprint density at radius 1 is 1.15 bits per heavy atom. The summed E-state index contributed by atoms with van der Waals surface area (Å²) in [7, 11) is 0. The highest BCUT2D eigenvalue weighted by Crippen LogP contribution is 2.22. The fourth-order valence-electron chi connectivity index (χ4n) is 3.72. The number of guanidine groups is 1. The highest BCUT2D eigenvalue weighted by atomic mass is 16.2. The van der Waals surface area contributed by atoms with Crippen LogP contribution in [0.25, 0.3) is 10.9 Å². The van der Waals surface area contributed by atoms with E-state index in [-0.39, 0.29) is 5.91 Å². The van der Waals surface area contributed by atoms with Gasteiger partial charge in [0.05, 0.1) is 0 Å². The molecule has 0 saturated carbocycles. The van der Waals surface area contributed by atoms with Crippen molar-refractivity contribution in [1.29, 1.82) is 0 Å². The molecule has 1 aromatic heterocycles. The molecule has 0 bridgehead atoms. The first-order valence-corrected chi connectivity index (χ1v) is 10.0. The molecule has 0 radical (unpaired) electrons. The number of hydrogen-bond acceptors (Lipinski definition) is 2. The number of amides is 1. The largest absolute Gasteiger partial charge is 0.361 e. The zero-order valence-electron chi connectivity index (χ0n) is 16.7. The van der Waals surface area contributed by atoms with Gasteiger partial charge in [0.2, 0.25) is 5.91 Å². The van der Waals surface area contributed by atoms with E-state index < -0.39 is 0 Å². The topological polar surface area (TPSA) is 63.7 Å². The summed E-state index contributed by atoms with van der Waals surface area (Å²) in [6.07, 6.45) is 4.07. The smallest absolute Gasteiger partial charge is 0.219 e.